The second-order valence-corrected chi connectivity index (χ2v) is 13.1. The van der Waals surface area contributed by atoms with Crippen molar-refractivity contribution in [3.63, 3.8) is 0 Å². The summed E-state index contributed by atoms with van der Waals surface area (Å²) in [6.45, 7) is 8.50. The maximum atomic E-state index is 13.1. The molecule has 1 aromatic carbocycles. The highest BCUT2D eigenvalue weighted by molar-refractivity contribution is 6.34. The Morgan fingerprint density at radius 1 is 0.878 bits per heavy atom. The number of imide groups is 1. The normalized spacial score (nSPS) is 16.0. The Kier molecular flexibility index (Phi) is 11.0. The van der Waals surface area contributed by atoms with Crippen LogP contribution in [0.15, 0.2) is 24.3 Å². The van der Waals surface area contributed by atoms with Gasteiger partial charge in [-0.15, -0.1) is 5.10 Å². The van der Waals surface area contributed by atoms with Crippen LogP contribution >= 0.6 is 11.6 Å². The lowest BCUT2D eigenvalue weighted by Gasteiger charge is -2.16. The van der Waals surface area contributed by atoms with E-state index >= 15 is 0 Å². The number of nitrogens with zero attached hydrogens (tertiary/aromatic N) is 4. The van der Waals surface area contributed by atoms with Gasteiger partial charge in [0.2, 0.25) is 11.8 Å². The molecule has 4 rings (SSSR count). The van der Waals surface area contributed by atoms with Crippen LogP contribution in [0.3, 0.4) is 0 Å². The standard InChI is InChI=1S/C33H48ClN5O2/c1-5-6-7-8-9-10-11-12-13-14-15-16-17-18-25-23-27(40)38(32(25)41)26-21-19-24(20-22-26)30-35-31-28(34)29(33(2,3)4)36-39(31)37-30/h19-22,25,36H,5-18,23H2,1-4H3. The third-order valence-corrected chi connectivity index (χ3v) is 8.63. The number of halogens is 1. The minimum atomic E-state index is -0.204. The lowest BCUT2D eigenvalue weighted by molar-refractivity contribution is -0.122. The Labute approximate surface area is 250 Å². The fraction of sp³-hybridized carbons (Fsp3) is 0.636. The molecule has 0 radical (unpaired) electrons. The quantitative estimate of drug-likeness (QED) is 0.135. The van der Waals surface area contributed by atoms with Crippen molar-refractivity contribution in [3.8, 4) is 11.4 Å². The SMILES string of the molecule is CCCCCCCCCCCCCCCC1CC(=O)N(c2ccc(-c3nc4c(Cl)c(C(C)(C)C)[nH]n4n3)cc2)C1=O. The number of carbonyl (C=O) groups is 2. The van der Waals surface area contributed by atoms with E-state index in [1.54, 1.807) is 16.8 Å². The van der Waals surface area contributed by atoms with Gasteiger partial charge < -0.3 is 0 Å². The molecule has 1 N–H and O–H groups in total. The van der Waals surface area contributed by atoms with Gasteiger partial charge in [0, 0.05) is 23.3 Å². The first-order valence-electron chi connectivity index (χ1n) is 15.8. The molecule has 0 saturated carbocycles. The summed E-state index contributed by atoms with van der Waals surface area (Å²) in [5, 5.41) is 8.34. The molecule has 3 heterocycles. The van der Waals surface area contributed by atoms with Gasteiger partial charge in [0.25, 0.3) is 0 Å². The summed E-state index contributed by atoms with van der Waals surface area (Å²) in [4.78, 5) is 31.9. The van der Waals surface area contributed by atoms with Crippen molar-refractivity contribution in [2.75, 3.05) is 4.90 Å². The van der Waals surface area contributed by atoms with Crippen LogP contribution in [0.4, 0.5) is 5.69 Å². The number of amides is 2. The predicted octanol–water partition coefficient (Wildman–Crippen LogP) is 9.04. The fourth-order valence-corrected chi connectivity index (χ4v) is 6.23. The van der Waals surface area contributed by atoms with Crippen molar-refractivity contribution in [2.45, 2.75) is 129 Å². The minimum Gasteiger partial charge on any atom is -0.278 e. The van der Waals surface area contributed by atoms with Gasteiger partial charge in [0.1, 0.15) is 5.02 Å². The monoisotopic (exact) mass is 581 g/mol. The summed E-state index contributed by atoms with van der Waals surface area (Å²) < 4.78 is 1.60. The molecule has 3 aromatic rings. The van der Waals surface area contributed by atoms with E-state index in [9.17, 15) is 9.59 Å². The van der Waals surface area contributed by atoms with Crippen molar-refractivity contribution in [3.05, 3.63) is 35.0 Å². The number of nitrogens with one attached hydrogen (secondary N) is 1. The van der Waals surface area contributed by atoms with Gasteiger partial charge in [-0.05, 0) is 30.7 Å². The van der Waals surface area contributed by atoms with E-state index < -0.39 is 0 Å². The summed E-state index contributed by atoms with van der Waals surface area (Å²) >= 11 is 6.56. The molecular weight excluding hydrogens is 534 g/mol. The number of carbonyl (C=O) groups excluding carboxylic acids is 2. The third kappa shape index (κ3) is 8.00. The molecule has 7 nitrogen and oxygen atoms in total. The number of unbranched alkanes of at least 4 members (excludes halogenated alkanes) is 12. The Balaban J connectivity index is 1.20. The number of anilines is 1. The number of fused-ring (bicyclic) bond motifs is 1. The molecule has 1 aliphatic rings. The topological polar surface area (TPSA) is 83.4 Å². The first-order chi connectivity index (χ1) is 19.7. The summed E-state index contributed by atoms with van der Waals surface area (Å²) in [7, 11) is 0. The molecule has 0 spiro atoms. The van der Waals surface area contributed by atoms with E-state index in [0.717, 1.165) is 30.5 Å². The Hall–Kier alpha value is -2.67. The van der Waals surface area contributed by atoms with E-state index in [4.69, 9.17) is 11.6 Å². The zero-order chi connectivity index (χ0) is 29.4. The smallest absolute Gasteiger partial charge is 0.237 e. The molecule has 41 heavy (non-hydrogen) atoms. The second-order valence-electron chi connectivity index (χ2n) is 12.8. The summed E-state index contributed by atoms with van der Waals surface area (Å²) in [5.74, 6) is 0.142. The van der Waals surface area contributed by atoms with E-state index in [2.05, 4.69) is 42.9 Å². The van der Waals surface area contributed by atoms with Crippen LogP contribution in [0.1, 0.15) is 130 Å². The summed E-state index contributed by atoms with van der Waals surface area (Å²) in [6, 6.07) is 7.30. The number of benzene rings is 1. The number of hydrogen-bond acceptors (Lipinski definition) is 4. The molecule has 2 aromatic heterocycles. The highest BCUT2D eigenvalue weighted by Crippen LogP contribution is 2.33. The maximum absolute atomic E-state index is 13.1. The van der Waals surface area contributed by atoms with Gasteiger partial charge in [0.15, 0.2) is 11.5 Å². The maximum Gasteiger partial charge on any atom is 0.237 e. The van der Waals surface area contributed by atoms with Crippen LogP contribution in [0.2, 0.25) is 5.02 Å². The minimum absolute atomic E-state index is 0.0726. The van der Waals surface area contributed by atoms with Gasteiger partial charge in [-0.2, -0.15) is 4.63 Å². The number of hydrogen-bond donors (Lipinski definition) is 1. The van der Waals surface area contributed by atoms with Gasteiger partial charge >= 0.3 is 0 Å². The van der Waals surface area contributed by atoms with Gasteiger partial charge in [0.05, 0.1) is 11.4 Å². The second kappa shape index (κ2) is 14.5. The van der Waals surface area contributed by atoms with E-state index in [1.807, 2.05) is 12.1 Å². The first kappa shape index (κ1) is 31.3. The Morgan fingerprint density at radius 2 is 1.44 bits per heavy atom. The third-order valence-electron chi connectivity index (χ3n) is 8.27. The lowest BCUT2D eigenvalue weighted by Crippen LogP contribution is -2.30. The number of rotatable bonds is 16. The number of aromatic nitrogens is 4. The average Bonchev–Trinajstić information content (AvgIpc) is 3.58. The van der Waals surface area contributed by atoms with Crippen LogP contribution in [-0.4, -0.2) is 31.6 Å². The van der Waals surface area contributed by atoms with Crippen LogP contribution in [0.5, 0.6) is 0 Å². The largest absolute Gasteiger partial charge is 0.278 e. The van der Waals surface area contributed by atoms with Gasteiger partial charge in [-0.1, -0.05) is 123 Å². The molecule has 1 fully saturated rings. The fourth-order valence-electron chi connectivity index (χ4n) is 5.78. The first-order valence-corrected chi connectivity index (χ1v) is 16.2. The predicted molar refractivity (Wildman–Crippen MR) is 167 cm³/mol. The van der Waals surface area contributed by atoms with E-state index in [0.29, 0.717) is 28.6 Å². The summed E-state index contributed by atoms with van der Waals surface area (Å²) in [6.07, 6.45) is 18.0. The van der Waals surface area contributed by atoms with E-state index in [1.165, 1.54) is 75.5 Å². The van der Waals surface area contributed by atoms with Crippen molar-refractivity contribution < 1.29 is 9.59 Å². The zero-order valence-electron chi connectivity index (χ0n) is 25.5. The van der Waals surface area contributed by atoms with Crippen LogP contribution in [-0.2, 0) is 15.0 Å². The highest BCUT2D eigenvalue weighted by atomic mass is 35.5. The van der Waals surface area contributed by atoms with E-state index in [-0.39, 0.29) is 23.1 Å². The molecule has 1 atom stereocenters. The Bertz CT molecular complexity index is 1290. The van der Waals surface area contributed by atoms with Crippen LogP contribution < -0.4 is 4.90 Å². The lowest BCUT2D eigenvalue weighted by atomic mass is 9.92. The number of aromatic amines is 1. The molecule has 2 amide bonds. The number of H-pyrrole nitrogens is 1. The Morgan fingerprint density at radius 3 is 1.98 bits per heavy atom. The molecule has 1 saturated heterocycles. The van der Waals surface area contributed by atoms with Crippen LogP contribution in [0.25, 0.3) is 17.0 Å². The molecule has 224 valence electrons. The van der Waals surface area contributed by atoms with Crippen molar-refractivity contribution in [1.29, 1.82) is 0 Å². The van der Waals surface area contributed by atoms with Crippen molar-refractivity contribution in [1.82, 2.24) is 19.8 Å². The zero-order valence-corrected chi connectivity index (χ0v) is 26.2. The van der Waals surface area contributed by atoms with Crippen molar-refractivity contribution in [2.24, 2.45) is 5.92 Å². The molecule has 8 heteroatoms. The highest BCUT2D eigenvalue weighted by Gasteiger charge is 2.39. The van der Waals surface area contributed by atoms with Gasteiger partial charge in [-0.25, -0.2) is 4.98 Å². The molecule has 0 bridgehead atoms. The average molecular weight is 582 g/mol. The molecule has 1 unspecified atom stereocenters. The molecular formula is C33H48ClN5O2. The summed E-state index contributed by atoms with van der Waals surface area (Å²) in [5.41, 5.74) is 2.71. The molecule has 0 aliphatic carbocycles. The van der Waals surface area contributed by atoms with Gasteiger partial charge in [-0.3, -0.25) is 19.6 Å². The molecule has 1 aliphatic heterocycles. The van der Waals surface area contributed by atoms with Crippen LogP contribution in [0, 0.1) is 5.92 Å². The van der Waals surface area contributed by atoms with Crippen molar-refractivity contribution >= 4 is 34.7 Å².